The van der Waals surface area contributed by atoms with Crippen molar-refractivity contribution in [3.8, 4) is 50.3 Å². The summed E-state index contributed by atoms with van der Waals surface area (Å²) < 4.78 is 2.41. The van der Waals surface area contributed by atoms with Gasteiger partial charge in [-0.3, -0.25) is 0 Å². The molecule has 1 aliphatic carbocycles. The molecule has 3 heterocycles. The van der Waals surface area contributed by atoms with Gasteiger partial charge >= 0.3 is 0 Å². The Morgan fingerprint density at radius 3 is 1.68 bits per heavy atom. The molecule has 14 aromatic rings. The van der Waals surface area contributed by atoms with Gasteiger partial charge in [0, 0.05) is 38.5 Å². The average Bonchev–Trinajstić information content (AvgIpc) is 2.03. The summed E-state index contributed by atoms with van der Waals surface area (Å²) >= 11 is 0. The third-order valence-corrected chi connectivity index (χ3v) is 22.7. The van der Waals surface area contributed by atoms with Crippen LogP contribution < -0.4 is 25.6 Å². The summed E-state index contributed by atoms with van der Waals surface area (Å²) in [5, 5.41) is 11.4. The average molecular weight is 1090 g/mol. The number of para-hydroxylation sites is 2. The fourth-order valence-corrected chi connectivity index (χ4v) is 18.8. The Kier molecular flexibility index (Phi) is 11.7. The molecule has 84 heavy (non-hydrogen) atoms. The van der Waals surface area contributed by atoms with Gasteiger partial charge in [0.15, 0.2) is 8.07 Å². The number of aromatic nitrogens is 3. The maximum atomic E-state index is 5.78. The molecule has 0 saturated heterocycles. The minimum absolute atomic E-state index is 0.0725. The van der Waals surface area contributed by atoms with E-state index in [0.717, 1.165) is 55.8 Å². The molecular weight excluding hydrogens is 1030 g/mol. The number of fused-ring (bicyclic) bond motifs is 9. The van der Waals surface area contributed by atoms with Crippen LogP contribution in [0.2, 0.25) is 0 Å². The first-order valence-electron chi connectivity index (χ1n) is 29.1. The van der Waals surface area contributed by atoms with Crippen molar-refractivity contribution in [3.05, 3.63) is 321 Å². The Balaban J connectivity index is 0.856. The molecule has 396 valence electrons. The van der Waals surface area contributed by atoms with Crippen molar-refractivity contribution in [2.45, 2.75) is 18.4 Å². The third kappa shape index (κ3) is 7.88. The van der Waals surface area contributed by atoms with E-state index >= 15 is 0 Å². The summed E-state index contributed by atoms with van der Waals surface area (Å²) in [6, 6.07) is 107. The lowest BCUT2D eigenvalue weighted by Gasteiger charge is -2.34. The van der Waals surface area contributed by atoms with Crippen molar-refractivity contribution in [1.29, 1.82) is 0 Å². The fraction of sp³-hybridized carbons (Fsp3) is 0.0380. The van der Waals surface area contributed by atoms with Crippen LogP contribution in [0.1, 0.15) is 12.5 Å². The van der Waals surface area contributed by atoms with E-state index in [1.807, 2.05) is 0 Å². The van der Waals surface area contributed by atoms with Gasteiger partial charge in [-0.25, -0.2) is 9.97 Å². The Morgan fingerprint density at radius 2 is 0.952 bits per heavy atom. The molecule has 1 aliphatic heterocycles. The Morgan fingerprint density at radius 1 is 0.393 bits per heavy atom. The summed E-state index contributed by atoms with van der Waals surface area (Å²) in [6.07, 6.45) is 9.10. The number of nitrogens with zero attached hydrogens (tertiary/aromatic N) is 4. The maximum absolute atomic E-state index is 5.78. The number of rotatable bonds is 10. The largest absolute Gasteiger partial charge is 0.309 e. The Labute approximate surface area is 490 Å². The van der Waals surface area contributed by atoms with Crippen molar-refractivity contribution in [2.75, 3.05) is 4.90 Å². The van der Waals surface area contributed by atoms with E-state index in [9.17, 15) is 0 Å². The molecule has 2 unspecified atom stereocenters. The smallest absolute Gasteiger partial charge is 0.231 e. The van der Waals surface area contributed by atoms with Crippen LogP contribution in [-0.2, 0) is 5.41 Å². The summed E-state index contributed by atoms with van der Waals surface area (Å²) in [4.78, 5) is 13.7. The van der Waals surface area contributed by atoms with Crippen LogP contribution in [-0.4, -0.2) is 28.7 Å². The molecule has 0 amide bonds. The topological polar surface area (TPSA) is 34.0 Å². The number of allylic oxidation sites excluding steroid dienone is 2. The highest BCUT2D eigenvalue weighted by molar-refractivity contribution is 7.19. The van der Waals surface area contributed by atoms with Gasteiger partial charge in [-0.1, -0.05) is 249 Å². The maximum Gasteiger partial charge on any atom is 0.231 e. The number of hydrogen-bond acceptors (Lipinski definition) is 3. The van der Waals surface area contributed by atoms with E-state index in [1.54, 1.807) is 0 Å². The molecule has 0 spiro atoms. The minimum atomic E-state index is -2.83. The van der Waals surface area contributed by atoms with E-state index in [1.165, 1.54) is 70.0 Å². The highest BCUT2D eigenvalue weighted by Gasteiger charge is 2.48. The van der Waals surface area contributed by atoms with Crippen LogP contribution >= 0.6 is 0 Å². The molecule has 0 bridgehead atoms. The molecule has 0 saturated carbocycles. The minimum Gasteiger partial charge on any atom is -0.309 e. The lowest BCUT2D eigenvalue weighted by Crippen LogP contribution is -2.74. The van der Waals surface area contributed by atoms with E-state index in [0.29, 0.717) is 5.95 Å². The number of hydrogen-bond donors (Lipinski definition) is 0. The third-order valence-electron chi connectivity index (χ3n) is 17.9. The lowest BCUT2D eigenvalue weighted by molar-refractivity contribution is 0.547. The van der Waals surface area contributed by atoms with Gasteiger partial charge in [0.2, 0.25) is 5.95 Å². The highest BCUT2D eigenvalue weighted by Crippen LogP contribution is 2.52. The quantitative estimate of drug-likeness (QED) is 0.101. The van der Waals surface area contributed by atoms with Gasteiger partial charge in [0.05, 0.1) is 28.3 Å². The summed E-state index contributed by atoms with van der Waals surface area (Å²) in [5.74, 6) is 0.673. The van der Waals surface area contributed by atoms with Crippen LogP contribution in [0.3, 0.4) is 0 Å². The first-order chi connectivity index (χ1) is 41.5. The predicted molar refractivity (Wildman–Crippen MR) is 355 cm³/mol. The Hall–Kier alpha value is -10.5. The standard InChI is InChI=1S/C79H56N4Si/c1-79-47-22-21-40-75(79)83(73-45-43-58(53-70(73)79)57-42-44-72-69(52-57)76-67-37-18-17-26-55(67)41-46-74(76)82(72)62-28-9-3-10-29-62)78-80-71-39-20-19-38-68(71)77(81-78)61-49-59(54-24-7-2-8-25-54)48-60(50-61)56-27-23-36-66(51-56)84(63-30-11-4-12-31-63,64-32-13-5-14-33-64)65-34-15-6-16-35-65/h2-53,75H,1H3. The lowest BCUT2D eigenvalue weighted by atomic mass is 9.75. The molecule has 5 heteroatoms. The second-order valence-electron chi connectivity index (χ2n) is 22.6. The van der Waals surface area contributed by atoms with Gasteiger partial charge in [-0.15, -0.1) is 0 Å². The van der Waals surface area contributed by atoms with Crippen LogP contribution in [0.5, 0.6) is 0 Å². The van der Waals surface area contributed by atoms with Crippen molar-refractivity contribution >= 4 is 83.9 Å². The fourth-order valence-electron chi connectivity index (χ4n) is 14.0. The van der Waals surface area contributed by atoms with E-state index in [4.69, 9.17) is 9.97 Å². The van der Waals surface area contributed by atoms with Crippen molar-refractivity contribution < 1.29 is 0 Å². The molecule has 2 aromatic heterocycles. The molecule has 4 nitrogen and oxygen atoms in total. The van der Waals surface area contributed by atoms with E-state index in [-0.39, 0.29) is 11.5 Å². The molecule has 2 aliphatic rings. The van der Waals surface area contributed by atoms with E-state index < -0.39 is 8.07 Å². The van der Waals surface area contributed by atoms with E-state index in [2.05, 4.69) is 332 Å². The molecule has 16 rings (SSSR count). The van der Waals surface area contributed by atoms with Gasteiger partial charge in [-0.2, -0.15) is 0 Å². The molecule has 0 N–H and O–H groups in total. The van der Waals surface area contributed by atoms with Crippen molar-refractivity contribution in [2.24, 2.45) is 0 Å². The zero-order chi connectivity index (χ0) is 55.8. The first-order valence-corrected chi connectivity index (χ1v) is 31.1. The van der Waals surface area contributed by atoms with Crippen molar-refractivity contribution in [1.82, 2.24) is 14.5 Å². The predicted octanol–water partition coefficient (Wildman–Crippen LogP) is 16.8. The van der Waals surface area contributed by atoms with Gasteiger partial charge in [0.25, 0.3) is 0 Å². The first kappa shape index (κ1) is 49.4. The molecule has 0 fully saturated rings. The Bertz CT molecular complexity index is 4820. The zero-order valence-corrected chi connectivity index (χ0v) is 47.4. The number of anilines is 2. The SMILES string of the molecule is CC12C=CC=CC1N(c1nc(-c3cc(-c4ccccc4)cc(-c4cccc([Si](c5ccccc5)(c5ccccc5)c5ccccc5)c4)c3)c3ccccc3n1)c1ccc(-c3ccc4c(c3)c3c5ccccc5ccc3n4-c3ccccc3)cc12. The van der Waals surface area contributed by atoms with Crippen LogP contribution in [0, 0.1) is 0 Å². The molecule has 2 atom stereocenters. The summed E-state index contributed by atoms with van der Waals surface area (Å²) in [7, 11) is -2.83. The van der Waals surface area contributed by atoms with Gasteiger partial charge in [0.1, 0.15) is 0 Å². The van der Waals surface area contributed by atoms with Crippen LogP contribution in [0.15, 0.2) is 315 Å². The molecule has 0 radical (unpaired) electrons. The van der Waals surface area contributed by atoms with Gasteiger partial charge < -0.3 is 9.47 Å². The monoisotopic (exact) mass is 1090 g/mol. The number of benzene rings is 12. The van der Waals surface area contributed by atoms with Crippen molar-refractivity contribution in [3.63, 3.8) is 0 Å². The second kappa shape index (κ2) is 19.9. The highest BCUT2D eigenvalue weighted by atomic mass is 28.3. The molecular formula is C79H56N4Si. The van der Waals surface area contributed by atoms with Crippen LogP contribution in [0.25, 0.3) is 93.8 Å². The second-order valence-corrected chi connectivity index (χ2v) is 26.4. The summed E-state index contributed by atoms with van der Waals surface area (Å²) in [5.41, 5.74) is 15.2. The van der Waals surface area contributed by atoms with Crippen LogP contribution in [0.4, 0.5) is 11.6 Å². The van der Waals surface area contributed by atoms with Gasteiger partial charge in [-0.05, 0) is 144 Å². The molecule has 12 aromatic carbocycles. The summed E-state index contributed by atoms with van der Waals surface area (Å²) in [6.45, 7) is 2.37. The normalized spacial score (nSPS) is 15.5. The zero-order valence-electron chi connectivity index (χ0n) is 46.4.